The maximum absolute atomic E-state index is 10.6. The Hall–Kier alpha value is -2.15. The van der Waals surface area contributed by atoms with Crippen LogP contribution in [-0.4, -0.2) is 35.8 Å². The number of anilines is 1. The average Bonchev–Trinajstić information content (AvgIpc) is 2.27. The second-order valence-electron chi connectivity index (χ2n) is 3.63. The molecule has 0 saturated heterocycles. The highest BCUT2D eigenvalue weighted by molar-refractivity contribution is 5.68. The van der Waals surface area contributed by atoms with Gasteiger partial charge in [0, 0.05) is 23.9 Å². The molecular weight excluding hydrogens is 240 g/mol. The summed E-state index contributed by atoms with van der Waals surface area (Å²) in [6.07, 6.45) is 0. The van der Waals surface area contributed by atoms with Crippen molar-refractivity contribution in [2.45, 2.75) is 6.92 Å². The summed E-state index contributed by atoms with van der Waals surface area (Å²) in [4.78, 5) is 20.3. The van der Waals surface area contributed by atoms with E-state index in [2.05, 4.69) is 5.32 Å². The van der Waals surface area contributed by atoms with Crippen molar-refractivity contribution in [2.24, 2.45) is 0 Å². The Kier molecular flexibility index (Phi) is 5.06. The van der Waals surface area contributed by atoms with E-state index in [1.807, 2.05) is 0 Å². The fourth-order valence-electron chi connectivity index (χ4n) is 1.40. The normalized spacial score (nSPS) is 10.1. The van der Waals surface area contributed by atoms with Gasteiger partial charge in [0.25, 0.3) is 5.69 Å². The molecule has 0 atom stereocenters. The van der Waals surface area contributed by atoms with Crippen LogP contribution >= 0.6 is 0 Å². The summed E-state index contributed by atoms with van der Waals surface area (Å²) in [7, 11) is 0. The number of nitro groups is 1. The Morgan fingerprint density at radius 1 is 1.56 bits per heavy atom. The zero-order valence-electron chi connectivity index (χ0n) is 9.88. The summed E-state index contributed by atoms with van der Waals surface area (Å²) >= 11 is 0. The quantitative estimate of drug-likeness (QED) is 0.433. The lowest BCUT2D eigenvalue weighted by Gasteiger charge is -2.07. The van der Waals surface area contributed by atoms with Crippen LogP contribution in [-0.2, 0) is 9.53 Å². The van der Waals surface area contributed by atoms with Crippen LogP contribution in [0.25, 0.3) is 0 Å². The van der Waals surface area contributed by atoms with Crippen LogP contribution in [0.15, 0.2) is 18.2 Å². The van der Waals surface area contributed by atoms with Crippen LogP contribution in [0.2, 0.25) is 0 Å². The van der Waals surface area contributed by atoms with Gasteiger partial charge < -0.3 is 15.2 Å². The third-order valence-corrected chi connectivity index (χ3v) is 2.19. The van der Waals surface area contributed by atoms with Crippen LogP contribution in [0.1, 0.15) is 5.56 Å². The molecule has 1 aromatic carbocycles. The van der Waals surface area contributed by atoms with Crippen molar-refractivity contribution >= 4 is 17.3 Å². The summed E-state index contributed by atoms with van der Waals surface area (Å²) in [6.45, 7) is 2.01. The SMILES string of the molecule is Cc1cc(NCCOCC(=O)O)ccc1[N+](=O)[O-]. The van der Waals surface area contributed by atoms with Gasteiger partial charge in [0.05, 0.1) is 11.5 Å². The minimum Gasteiger partial charge on any atom is -0.480 e. The molecule has 0 unspecified atom stereocenters. The van der Waals surface area contributed by atoms with Crippen LogP contribution < -0.4 is 5.32 Å². The monoisotopic (exact) mass is 254 g/mol. The van der Waals surface area contributed by atoms with E-state index in [0.717, 1.165) is 5.69 Å². The standard InChI is InChI=1S/C11H14N2O5/c1-8-6-9(2-3-10(8)13(16)17)12-4-5-18-7-11(14)15/h2-3,6,12H,4-5,7H2,1H3,(H,14,15). The Labute approximate surface area is 104 Å². The van der Waals surface area contributed by atoms with Crippen molar-refractivity contribution in [3.63, 3.8) is 0 Å². The highest BCUT2D eigenvalue weighted by atomic mass is 16.6. The molecule has 0 saturated carbocycles. The molecule has 1 aromatic rings. The molecule has 98 valence electrons. The molecule has 7 nitrogen and oxygen atoms in total. The minimum absolute atomic E-state index is 0.0719. The van der Waals surface area contributed by atoms with Crippen molar-refractivity contribution < 1.29 is 19.6 Å². The first-order valence-corrected chi connectivity index (χ1v) is 5.29. The van der Waals surface area contributed by atoms with Gasteiger partial charge in [-0.2, -0.15) is 0 Å². The van der Waals surface area contributed by atoms with Crippen molar-refractivity contribution in [1.82, 2.24) is 0 Å². The van der Waals surface area contributed by atoms with Crippen molar-refractivity contribution in [1.29, 1.82) is 0 Å². The fraction of sp³-hybridized carbons (Fsp3) is 0.364. The number of nitrogens with one attached hydrogen (secondary N) is 1. The van der Waals surface area contributed by atoms with E-state index in [4.69, 9.17) is 9.84 Å². The number of benzene rings is 1. The second kappa shape index (κ2) is 6.55. The van der Waals surface area contributed by atoms with E-state index in [-0.39, 0.29) is 18.9 Å². The molecule has 2 N–H and O–H groups in total. The van der Waals surface area contributed by atoms with E-state index in [0.29, 0.717) is 12.1 Å². The Bertz CT molecular complexity index is 447. The lowest BCUT2D eigenvalue weighted by molar-refractivity contribution is -0.385. The predicted octanol–water partition coefficient (Wildman–Crippen LogP) is 1.42. The fourth-order valence-corrected chi connectivity index (χ4v) is 1.40. The number of carboxylic acid groups (broad SMARTS) is 1. The first kappa shape index (κ1) is 13.9. The number of hydrogen-bond acceptors (Lipinski definition) is 5. The topological polar surface area (TPSA) is 102 Å². The third-order valence-electron chi connectivity index (χ3n) is 2.19. The number of ether oxygens (including phenoxy) is 1. The molecule has 0 heterocycles. The van der Waals surface area contributed by atoms with Gasteiger partial charge in [0.2, 0.25) is 0 Å². The first-order chi connectivity index (χ1) is 8.50. The smallest absolute Gasteiger partial charge is 0.329 e. The van der Waals surface area contributed by atoms with Gasteiger partial charge >= 0.3 is 5.97 Å². The molecule has 0 radical (unpaired) electrons. The van der Waals surface area contributed by atoms with Crippen LogP contribution in [0.4, 0.5) is 11.4 Å². The largest absolute Gasteiger partial charge is 0.480 e. The maximum Gasteiger partial charge on any atom is 0.329 e. The van der Waals surface area contributed by atoms with E-state index in [1.165, 1.54) is 6.07 Å². The van der Waals surface area contributed by atoms with Crippen molar-refractivity contribution in [3.05, 3.63) is 33.9 Å². The van der Waals surface area contributed by atoms with Crippen LogP contribution in [0.3, 0.4) is 0 Å². The van der Waals surface area contributed by atoms with Gasteiger partial charge in [0.15, 0.2) is 0 Å². The molecule has 1 rings (SSSR count). The Morgan fingerprint density at radius 3 is 2.83 bits per heavy atom. The lowest BCUT2D eigenvalue weighted by atomic mass is 10.2. The Balaban J connectivity index is 2.42. The number of carboxylic acids is 1. The van der Waals surface area contributed by atoms with Gasteiger partial charge in [-0.3, -0.25) is 10.1 Å². The number of aryl methyl sites for hydroxylation is 1. The molecule has 0 aliphatic carbocycles. The first-order valence-electron chi connectivity index (χ1n) is 5.29. The number of nitro benzene ring substituents is 1. The van der Waals surface area contributed by atoms with E-state index in [9.17, 15) is 14.9 Å². The third kappa shape index (κ3) is 4.38. The van der Waals surface area contributed by atoms with E-state index >= 15 is 0 Å². The Morgan fingerprint density at radius 2 is 2.28 bits per heavy atom. The molecule has 0 aromatic heterocycles. The maximum atomic E-state index is 10.6. The molecule has 0 bridgehead atoms. The second-order valence-corrected chi connectivity index (χ2v) is 3.63. The molecule has 0 amide bonds. The average molecular weight is 254 g/mol. The summed E-state index contributed by atoms with van der Waals surface area (Å²) in [5, 5.41) is 21.9. The van der Waals surface area contributed by atoms with E-state index in [1.54, 1.807) is 19.1 Å². The molecule has 0 fully saturated rings. The van der Waals surface area contributed by atoms with E-state index < -0.39 is 10.9 Å². The molecule has 0 aliphatic rings. The van der Waals surface area contributed by atoms with Gasteiger partial charge in [0.1, 0.15) is 6.61 Å². The predicted molar refractivity (Wildman–Crippen MR) is 64.8 cm³/mol. The number of aliphatic carboxylic acids is 1. The van der Waals surface area contributed by atoms with Crippen LogP contribution in [0.5, 0.6) is 0 Å². The van der Waals surface area contributed by atoms with Crippen molar-refractivity contribution in [3.8, 4) is 0 Å². The van der Waals surface area contributed by atoms with Gasteiger partial charge in [-0.1, -0.05) is 0 Å². The lowest BCUT2D eigenvalue weighted by Crippen LogP contribution is -2.14. The molecule has 18 heavy (non-hydrogen) atoms. The highest BCUT2D eigenvalue weighted by Gasteiger charge is 2.09. The van der Waals surface area contributed by atoms with Crippen molar-refractivity contribution in [2.75, 3.05) is 25.1 Å². The van der Waals surface area contributed by atoms with Gasteiger partial charge in [-0.05, 0) is 19.1 Å². The number of nitrogens with zero attached hydrogens (tertiary/aromatic N) is 1. The molecular formula is C11H14N2O5. The zero-order chi connectivity index (χ0) is 13.5. The summed E-state index contributed by atoms with van der Waals surface area (Å²) < 4.78 is 4.84. The summed E-state index contributed by atoms with van der Waals surface area (Å²) in [6, 6.07) is 4.69. The van der Waals surface area contributed by atoms with Crippen LogP contribution in [0, 0.1) is 17.0 Å². The summed E-state index contributed by atoms with van der Waals surface area (Å²) in [5.41, 5.74) is 1.37. The van der Waals surface area contributed by atoms with Gasteiger partial charge in [-0.15, -0.1) is 0 Å². The molecule has 0 spiro atoms. The number of carbonyl (C=O) groups is 1. The van der Waals surface area contributed by atoms with Gasteiger partial charge in [-0.25, -0.2) is 4.79 Å². The number of rotatable bonds is 7. The summed E-state index contributed by atoms with van der Waals surface area (Å²) in [5.74, 6) is -1.01. The zero-order valence-corrected chi connectivity index (χ0v) is 9.88. The molecule has 0 aliphatic heterocycles. The minimum atomic E-state index is -1.01. The number of hydrogen-bond donors (Lipinski definition) is 2. The molecule has 7 heteroatoms. The highest BCUT2D eigenvalue weighted by Crippen LogP contribution is 2.21.